The van der Waals surface area contributed by atoms with Gasteiger partial charge in [-0.1, -0.05) is 47.8 Å². The minimum absolute atomic E-state index is 0.388. The first kappa shape index (κ1) is 13.1. The van der Waals surface area contributed by atoms with Crippen molar-refractivity contribution >= 4 is 15.9 Å². The Morgan fingerprint density at radius 2 is 2.06 bits per heavy atom. The van der Waals surface area contributed by atoms with Crippen molar-refractivity contribution in [1.82, 2.24) is 5.32 Å². The zero-order valence-corrected chi connectivity index (χ0v) is 12.2. The summed E-state index contributed by atoms with van der Waals surface area (Å²) >= 11 is 3.59. The van der Waals surface area contributed by atoms with Crippen LogP contribution in [-0.2, 0) is 5.41 Å². The Balaban J connectivity index is 2.15. The fourth-order valence-corrected chi connectivity index (χ4v) is 3.34. The molecule has 0 aliphatic heterocycles. The molecule has 1 aliphatic rings. The number of nitrogens with one attached hydrogen (secondary N) is 1. The second-order valence-corrected chi connectivity index (χ2v) is 6.09. The Kier molecular flexibility index (Phi) is 4.63. The van der Waals surface area contributed by atoms with Crippen LogP contribution in [0.1, 0.15) is 44.6 Å². The van der Waals surface area contributed by atoms with E-state index < -0.39 is 0 Å². The number of hydrogen-bond acceptors (Lipinski definition) is 1. The highest BCUT2D eigenvalue weighted by Crippen LogP contribution is 2.41. The maximum Gasteiger partial charge on any atom is 0.0178 e. The van der Waals surface area contributed by atoms with E-state index in [-0.39, 0.29) is 0 Å². The van der Waals surface area contributed by atoms with Gasteiger partial charge < -0.3 is 5.32 Å². The van der Waals surface area contributed by atoms with Crippen LogP contribution in [0.5, 0.6) is 0 Å². The van der Waals surface area contributed by atoms with Gasteiger partial charge in [-0.25, -0.2) is 0 Å². The predicted octanol–water partition coefficient (Wildman–Crippen LogP) is 4.26. The molecule has 1 saturated carbocycles. The second-order valence-electron chi connectivity index (χ2n) is 5.17. The highest BCUT2D eigenvalue weighted by atomic mass is 79.9. The van der Waals surface area contributed by atoms with Gasteiger partial charge in [-0.05, 0) is 43.5 Å². The highest BCUT2D eigenvalue weighted by Gasteiger charge is 2.35. The minimum Gasteiger partial charge on any atom is -0.316 e. The second kappa shape index (κ2) is 6.01. The molecule has 0 amide bonds. The van der Waals surface area contributed by atoms with Crippen molar-refractivity contribution in [3.63, 3.8) is 0 Å². The van der Waals surface area contributed by atoms with E-state index in [1.165, 1.54) is 42.1 Å². The largest absolute Gasteiger partial charge is 0.316 e. The van der Waals surface area contributed by atoms with Gasteiger partial charge in [-0.2, -0.15) is 0 Å². The van der Waals surface area contributed by atoms with Gasteiger partial charge >= 0.3 is 0 Å². The third-order valence-corrected chi connectivity index (χ3v) is 4.38. The van der Waals surface area contributed by atoms with Gasteiger partial charge in [0.1, 0.15) is 0 Å². The van der Waals surface area contributed by atoms with Crippen molar-refractivity contribution < 1.29 is 0 Å². The van der Waals surface area contributed by atoms with Gasteiger partial charge in [0.2, 0.25) is 0 Å². The molecule has 17 heavy (non-hydrogen) atoms. The van der Waals surface area contributed by atoms with Crippen LogP contribution in [0, 0.1) is 0 Å². The fourth-order valence-electron chi connectivity index (χ4n) is 2.94. The Bertz CT molecular complexity index is 356. The third-order valence-electron chi connectivity index (χ3n) is 3.89. The number of halogens is 1. The number of benzene rings is 1. The summed E-state index contributed by atoms with van der Waals surface area (Å²) in [5, 5.41) is 3.62. The van der Waals surface area contributed by atoms with E-state index in [0.29, 0.717) is 5.41 Å². The van der Waals surface area contributed by atoms with Gasteiger partial charge in [0, 0.05) is 16.4 Å². The van der Waals surface area contributed by atoms with Crippen molar-refractivity contribution in [2.24, 2.45) is 0 Å². The van der Waals surface area contributed by atoms with Gasteiger partial charge in [0.15, 0.2) is 0 Å². The van der Waals surface area contributed by atoms with Crippen LogP contribution in [0.25, 0.3) is 0 Å². The van der Waals surface area contributed by atoms with E-state index in [4.69, 9.17) is 0 Å². The normalized spacial score (nSPS) is 18.5. The molecule has 0 saturated heterocycles. The van der Waals surface area contributed by atoms with E-state index in [2.05, 4.69) is 52.4 Å². The van der Waals surface area contributed by atoms with Crippen molar-refractivity contribution in [3.8, 4) is 0 Å². The molecule has 0 heterocycles. The Morgan fingerprint density at radius 3 is 2.71 bits per heavy atom. The standard InChI is InChI=1S/C15H22BrN/c1-2-10-17-12-15(8-3-4-9-15)13-6-5-7-14(16)11-13/h5-7,11,17H,2-4,8-10,12H2,1H3. The quantitative estimate of drug-likeness (QED) is 0.801. The van der Waals surface area contributed by atoms with Gasteiger partial charge in [0.05, 0.1) is 0 Å². The topological polar surface area (TPSA) is 12.0 Å². The van der Waals surface area contributed by atoms with Gasteiger partial charge in [-0.15, -0.1) is 0 Å². The summed E-state index contributed by atoms with van der Waals surface area (Å²) in [7, 11) is 0. The Labute approximate surface area is 113 Å². The first-order valence-electron chi connectivity index (χ1n) is 6.74. The number of rotatable bonds is 5. The Hall–Kier alpha value is -0.340. The third kappa shape index (κ3) is 3.11. The SMILES string of the molecule is CCCNCC1(c2cccc(Br)c2)CCCC1. The summed E-state index contributed by atoms with van der Waals surface area (Å²) in [6.07, 6.45) is 6.63. The molecule has 1 fully saturated rings. The van der Waals surface area contributed by atoms with Crippen LogP contribution >= 0.6 is 15.9 Å². The lowest BCUT2D eigenvalue weighted by Crippen LogP contribution is -2.36. The summed E-state index contributed by atoms with van der Waals surface area (Å²) in [6.45, 7) is 4.50. The summed E-state index contributed by atoms with van der Waals surface area (Å²) in [4.78, 5) is 0. The summed E-state index contributed by atoms with van der Waals surface area (Å²) in [6, 6.07) is 8.88. The molecule has 0 spiro atoms. The summed E-state index contributed by atoms with van der Waals surface area (Å²) < 4.78 is 1.21. The van der Waals surface area contributed by atoms with Crippen LogP contribution in [-0.4, -0.2) is 13.1 Å². The van der Waals surface area contributed by atoms with Crippen LogP contribution in [0.2, 0.25) is 0 Å². The van der Waals surface area contributed by atoms with Crippen molar-refractivity contribution in [1.29, 1.82) is 0 Å². The van der Waals surface area contributed by atoms with Crippen LogP contribution < -0.4 is 5.32 Å². The molecular formula is C15H22BrN. The summed E-state index contributed by atoms with van der Waals surface area (Å²) in [5.41, 5.74) is 1.90. The molecule has 0 bridgehead atoms. The molecule has 1 N–H and O–H groups in total. The molecule has 94 valence electrons. The number of hydrogen-bond donors (Lipinski definition) is 1. The van der Waals surface area contributed by atoms with E-state index in [9.17, 15) is 0 Å². The molecule has 0 atom stereocenters. The average Bonchev–Trinajstić information content (AvgIpc) is 2.79. The predicted molar refractivity (Wildman–Crippen MR) is 77.4 cm³/mol. The van der Waals surface area contributed by atoms with E-state index in [0.717, 1.165) is 13.1 Å². The van der Waals surface area contributed by atoms with Gasteiger partial charge in [0.25, 0.3) is 0 Å². The Morgan fingerprint density at radius 1 is 1.29 bits per heavy atom. The van der Waals surface area contributed by atoms with E-state index >= 15 is 0 Å². The first-order valence-corrected chi connectivity index (χ1v) is 7.53. The van der Waals surface area contributed by atoms with Crippen LogP contribution in [0.3, 0.4) is 0 Å². The smallest absolute Gasteiger partial charge is 0.0178 e. The minimum atomic E-state index is 0.388. The molecule has 1 aromatic carbocycles. The zero-order chi connectivity index (χ0) is 12.1. The average molecular weight is 296 g/mol. The molecule has 0 aromatic heterocycles. The van der Waals surface area contributed by atoms with E-state index in [1.807, 2.05) is 0 Å². The lowest BCUT2D eigenvalue weighted by atomic mass is 9.79. The molecule has 0 unspecified atom stereocenters. The first-order chi connectivity index (χ1) is 8.27. The molecular weight excluding hydrogens is 274 g/mol. The van der Waals surface area contributed by atoms with E-state index in [1.54, 1.807) is 0 Å². The molecule has 0 radical (unpaired) electrons. The lowest BCUT2D eigenvalue weighted by molar-refractivity contribution is 0.405. The zero-order valence-electron chi connectivity index (χ0n) is 10.6. The van der Waals surface area contributed by atoms with Crippen molar-refractivity contribution in [2.75, 3.05) is 13.1 Å². The van der Waals surface area contributed by atoms with Crippen LogP contribution in [0.4, 0.5) is 0 Å². The summed E-state index contributed by atoms with van der Waals surface area (Å²) in [5.74, 6) is 0. The highest BCUT2D eigenvalue weighted by molar-refractivity contribution is 9.10. The maximum absolute atomic E-state index is 3.62. The molecule has 2 rings (SSSR count). The fraction of sp³-hybridized carbons (Fsp3) is 0.600. The van der Waals surface area contributed by atoms with Gasteiger partial charge in [-0.3, -0.25) is 0 Å². The maximum atomic E-state index is 3.62. The van der Waals surface area contributed by atoms with Crippen LogP contribution in [0.15, 0.2) is 28.7 Å². The molecule has 2 heteroatoms. The molecule has 1 nitrogen and oxygen atoms in total. The molecule has 1 aliphatic carbocycles. The lowest BCUT2D eigenvalue weighted by Gasteiger charge is -2.30. The monoisotopic (exact) mass is 295 g/mol. The molecule has 1 aromatic rings. The van der Waals surface area contributed by atoms with Crippen molar-refractivity contribution in [3.05, 3.63) is 34.3 Å². The van der Waals surface area contributed by atoms with Crippen molar-refractivity contribution in [2.45, 2.75) is 44.4 Å².